The van der Waals surface area contributed by atoms with E-state index in [2.05, 4.69) is 0 Å². The second-order valence-corrected chi connectivity index (χ2v) is 10.4. The number of rotatable bonds is 6. The molecule has 1 aliphatic rings. The van der Waals surface area contributed by atoms with Crippen LogP contribution in [-0.4, -0.2) is 24.5 Å². The summed E-state index contributed by atoms with van der Waals surface area (Å²) < 4.78 is 44.3. The van der Waals surface area contributed by atoms with Crippen molar-refractivity contribution in [3.63, 3.8) is 0 Å². The average molecular weight is 538 g/mol. The number of carbonyl (C=O) groups is 2. The predicted octanol–water partition coefficient (Wildman–Crippen LogP) is 6.14. The number of hydrogen-bond acceptors (Lipinski definition) is 6. The molecule has 34 heavy (non-hydrogen) atoms. The molecule has 2 amide bonds. The van der Waals surface area contributed by atoms with Gasteiger partial charge < -0.3 is 4.18 Å². The van der Waals surface area contributed by atoms with Crippen LogP contribution in [0.2, 0.25) is 10.0 Å². The molecule has 1 heterocycles. The Kier molecular flexibility index (Phi) is 6.99. The Balaban J connectivity index is 1.54. The van der Waals surface area contributed by atoms with E-state index in [0.717, 1.165) is 4.90 Å². The summed E-state index contributed by atoms with van der Waals surface area (Å²) in [6.07, 6.45) is 1.43. The van der Waals surface area contributed by atoms with E-state index in [0.29, 0.717) is 22.3 Å². The Hall–Kier alpha value is -2.85. The van der Waals surface area contributed by atoms with Crippen molar-refractivity contribution in [1.82, 2.24) is 4.90 Å². The molecule has 1 saturated heterocycles. The summed E-state index contributed by atoms with van der Waals surface area (Å²) >= 11 is 12.5. The topological polar surface area (TPSA) is 80.8 Å². The number of nitrogens with zero attached hydrogens (tertiary/aromatic N) is 1. The molecule has 0 atom stereocenters. The van der Waals surface area contributed by atoms with Crippen LogP contribution in [0, 0.1) is 5.82 Å². The van der Waals surface area contributed by atoms with Crippen LogP contribution in [0.3, 0.4) is 0 Å². The zero-order valence-electron chi connectivity index (χ0n) is 17.1. The summed E-state index contributed by atoms with van der Waals surface area (Å²) in [5.41, 5.74) is 0.466. The summed E-state index contributed by atoms with van der Waals surface area (Å²) in [6.45, 7) is -0.310. The second kappa shape index (κ2) is 9.79. The van der Waals surface area contributed by atoms with Crippen molar-refractivity contribution in [1.29, 1.82) is 0 Å². The molecule has 4 rings (SSSR count). The highest BCUT2D eigenvalue weighted by atomic mass is 35.5. The number of carbonyl (C=O) groups excluding carboxylic acids is 2. The standard InChI is InChI=1S/C23H14Cl2FNO5S2/c24-15-7-9-17(10-8-15)34(30,31)32-16-4-1-3-14(11-16)12-21-22(28)27(23(29)33-21)13-18-19(25)5-2-6-20(18)26/h1-12H,13H2/b21-12-. The van der Waals surface area contributed by atoms with Gasteiger partial charge in [-0.1, -0.05) is 41.4 Å². The summed E-state index contributed by atoms with van der Waals surface area (Å²) in [6, 6.07) is 15.6. The van der Waals surface area contributed by atoms with Crippen LogP contribution in [0.5, 0.6) is 5.75 Å². The molecule has 0 N–H and O–H groups in total. The summed E-state index contributed by atoms with van der Waals surface area (Å²) in [5, 5.41) is -0.0877. The van der Waals surface area contributed by atoms with Gasteiger partial charge in [-0.15, -0.1) is 0 Å². The van der Waals surface area contributed by atoms with Crippen molar-refractivity contribution in [2.75, 3.05) is 0 Å². The molecule has 11 heteroatoms. The van der Waals surface area contributed by atoms with E-state index >= 15 is 0 Å². The lowest BCUT2D eigenvalue weighted by atomic mass is 10.2. The van der Waals surface area contributed by atoms with Gasteiger partial charge in [-0.25, -0.2) is 4.39 Å². The third kappa shape index (κ3) is 5.28. The molecule has 1 aliphatic heterocycles. The fraction of sp³-hybridized carbons (Fsp3) is 0.0435. The lowest BCUT2D eigenvalue weighted by Crippen LogP contribution is -2.28. The van der Waals surface area contributed by atoms with E-state index in [1.165, 1.54) is 60.7 Å². The van der Waals surface area contributed by atoms with Crippen molar-refractivity contribution in [2.45, 2.75) is 11.4 Å². The van der Waals surface area contributed by atoms with Gasteiger partial charge in [0.15, 0.2) is 0 Å². The van der Waals surface area contributed by atoms with Crippen LogP contribution in [0.4, 0.5) is 9.18 Å². The zero-order chi connectivity index (χ0) is 24.5. The summed E-state index contributed by atoms with van der Waals surface area (Å²) in [5.74, 6) is -1.22. The van der Waals surface area contributed by atoms with Crippen molar-refractivity contribution in [3.05, 3.63) is 98.6 Å². The summed E-state index contributed by atoms with van der Waals surface area (Å²) in [7, 11) is -4.11. The molecule has 0 aromatic heterocycles. The highest BCUT2D eigenvalue weighted by Gasteiger charge is 2.36. The van der Waals surface area contributed by atoms with Crippen LogP contribution in [0.1, 0.15) is 11.1 Å². The molecule has 3 aromatic carbocycles. The van der Waals surface area contributed by atoms with E-state index in [1.807, 2.05) is 0 Å². The smallest absolute Gasteiger partial charge is 0.339 e. The largest absolute Gasteiger partial charge is 0.379 e. The molecule has 6 nitrogen and oxygen atoms in total. The Morgan fingerprint density at radius 3 is 2.41 bits per heavy atom. The summed E-state index contributed by atoms with van der Waals surface area (Å²) in [4.78, 5) is 26.1. The van der Waals surface area contributed by atoms with Gasteiger partial charge in [0.2, 0.25) is 0 Å². The molecule has 0 unspecified atom stereocenters. The van der Waals surface area contributed by atoms with Gasteiger partial charge in [-0.3, -0.25) is 14.5 Å². The van der Waals surface area contributed by atoms with E-state index in [9.17, 15) is 22.4 Å². The first kappa shape index (κ1) is 24.3. The maximum atomic E-state index is 14.1. The molecule has 0 bridgehead atoms. The Bertz CT molecular complexity index is 1410. The normalized spacial score (nSPS) is 15.3. The number of amides is 2. The maximum Gasteiger partial charge on any atom is 0.339 e. The van der Waals surface area contributed by atoms with Crippen molar-refractivity contribution in [3.8, 4) is 5.75 Å². The van der Waals surface area contributed by atoms with Crippen LogP contribution < -0.4 is 4.18 Å². The van der Waals surface area contributed by atoms with Gasteiger partial charge in [0.25, 0.3) is 11.1 Å². The third-order valence-electron chi connectivity index (χ3n) is 4.72. The minimum atomic E-state index is -4.11. The monoisotopic (exact) mass is 537 g/mol. The lowest BCUT2D eigenvalue weighted by Gasteiger charge is -2.14. The molecule has 0 aliphatic carbocycles. The number of benzene rings is 3. The number of hydrogen-bond donors (Lipinski definition) is 0. The fourth-order valence-corrected chi connectivity index (χ4v) is 5.17. The minimum Gasteiger partial charge on any atom is -0.379 e. The van der Waals surface area contributed by atoms with Crippen molar-refractivity contribution >= 4 is 62.3 Å². The van der Waals surface area contributed by atoms with Gasteiger partial charge in [-0.2, -0.15) is 8.42 Å². The SMILES string of the molecule is O=C1S/C(=C\c2cccc(OS(=O)(=O)c3ccc(Cl)cc3)c2)C(=O)N1Cc1c(F)cccc1Cl. The molecule has 3 aromatic rings. The van der Waals surface area contributed by atoms with E-state index in [4.69, 9.17) is 27.4 Å². The van der Waals surface area contributed by atoms with E-state index < -0.39 is 27.1 Å². The number of thioether (sulfide) groups is 1. The Morgan fingerprint density at radius 2 is 1.71 bits per heavy atom. The minimum absolute atomic E-state index is 0.0149. The first-order valence-electron chi connectivity index (χ1n) is 9.62. The molecule has 174 valence electrons. The van der Waals surface area contributed by atoms with Crippen LogP contribution in [-0.2, 0) is 21.5 Å². The molecular formula is C23H14Cl2FNO5S2. The highest BCUT2D eigenvalue weighted by Crippen LogP contribution is 2.35. The molecule has 0 spiro atoms. The quantitative estimate of drug-likeness (QED) is 0.277. The number of imide groups is 1. The first-order chi connectivity index (χ1) is 16.1. The second-order valence-electron chi connectivity index (χ2n) is 7.03. The van der Waals surface area contributed by atoms with Gasteiger partial charge in [-0.05, 0) is 71.9 Å². The highest BCUT2D eigenvalue weighted by molar-refractivity contribution is 8.18. The molecule has 1 fully saturated rings. The molecular weight excluding hydrogens is 524 g/mol. The van der Waals surface area contributed by atoms with Gasteiger partial charge in [0.1, 0.15) is 16.5 Å². The Labute approximate surface area is 209 Å². The van der Waals surface area contributed by atoms with Crippen LogP contribution in [0.25, 0.3) is 6.08 Å². The first-order valence-corrected chi connectivity index (χ1v) is 12.6. The number of halogens is 3. The average Bonchev–Trinajstić information content (AvgIpc) is 3.03. The van der Waals surface area contributed by atoms with Gasteiger partial charge in [0, 0.05) is 15.6 Å². The van der Waals surface area contributed by atoms with E-state index in [-0.39, 0.29) is 32.7 Å². The van der Waals surface area contributed by atoms with Crippen molar-refractivity contribution in [2.24, 2.45) is 0 Å². The lowest BCUT2D eigenvalue weighted by molar-refractivity contribution is -0.123. The Morgan fingerprint density at radius 1 is 1.00 bits per heavy atom. The van der Waals surface area contributed by atoms with E-state index in [1.54, 1.807) is 12.1 Å². The molecule has 0 saturated carbocycles. The molecule has 0 radical (unpaired) electrons. The maximum absolute atomic E-state index is 14.1. The third-order valence-corrected chi connectivity index (χ3v) is 7.49. The van der Waals surface area contributed by atoms with Crippen LogP contribution in [0.15, 0.2) is 76.5 Å². The fourth-order valence-electron chi connectivity index (χ4n) is 3.06. The van der Waals surface area contributed by atoms with Gasteiger partial charge in [0.05, 0.1) is 11.4 Å². The predicted molar refractivity (Wildman–Crippen MR) is 129 cm³/mol. The van der Waals surface area contributed by atoms with Gasteiger partial charge >= 0.3 is 10.1 Å². The van der Waals surface area contributed by atoms with Crippen molar-refractivity contribution < 1.29 is 26.6 Å². The van der Waals surface area contributed by atoms with Crippen LogP contribution >= 0.6 is 35.0 Å². The zero-order valence-corrected chi connectivity index (χ0v) is 20.2.